The Morgan fingerprint density at radius 3 is 2.35 bits per heavy atom. The van der Waals surface area contributed by atoms with Crippen LogP contribution in [0, 0.1) is 6.92 Å². The van der Waals surface area contributed by atoms with E-state index in [0.717, 1.165) is 16.1 Å². The maximum absolute atomic E-state index is 12.6. The fraction of sp³-hybridized carbons (Fsp3) is 0.278. The molecule has 0 unspecified atom stereocenters. The Labute approximate surface area is 153 Å². The highest BCUT2D eigenvalue weighted by atomic mass is 32.2. The van der Waals surface area contributed by atoms with E-state index in [1.165, 1.54) is 21.3 Å². The van der Waals surface area contributed by atoms with Gasteiger partial charge in [-0.3, -0.25) is 9.10 Å². The van der Waals surface area contributed by atoms with Crippen molar-refractivity contribution in [2.24, 2.45) is 0 Å². The summed E-state index contributed by atoms with van der Waals surface area (Å²) < 4.78 is 35.2. The van der Waals surface area contributed by atoms with Gasteiger partial charge in [-0.2, -0.15) is 0 Å². The molecule has 0 heterocycles. The molecule has 1 amide bonds. The van der Waals surface area contributed by atoms with Crippen molar-refractivity contribution in [2.45, 2.75) is 6.92 Å². The molecule has 140 valence electrons. The zero-order valence-corrected chi connectivity index (χ0v) is 16.2. The normalized spacial score (nSPS) is 11.0. The van der Waals surface area contributed by atoms with Gasteiger partial charge in [0.15, 0.2) is 0 Å². The van der Waals surface area contributed by atoms with Gasteiger partial charge in [-0.25, -0.2) is 8.42 Å². The molecule has 2 aromatic carbocycles. The third-order valence-corrected chi connectivity index (χ3v) is 5.15. The molecule has 0 radical (unpaired) electrons. The van der Waals surface area contributed by atoms with Crippen molar-refractivity contribution in [1.29, 1.82) is 0 Å². The minimum absolute atomic E-state index is 0.325. The first-order valence-corrected chi connectivity index (χ1v) is 9.60. The first-order chi connectivity index (χ1) is 12.2. The molecule has 0 saturated carbocycles. The number of ether oxygens (including phenoxy) is 2. The lowest BCUT2D eigenvalue weighted by molar-refractivity contribution is 0.102. The van der Waals surface area contributed by atoms with Crippen molar-refractivity contribution in [3.05, 3.63) is 47.5 Å². The van der Waals surface area contributed by atoms with Crippen LogP contribution in [0.15, 0.2) is 36.4 Å². The number of amides is 1. The lowest BCUT2D eigenvalue weighted by Gasteiger charge is -2.20. The second-order valence-corrected chi connectivity index (χ2v) is 7.77. The summed E-state index contributed by atoms with van der Waals surface area (Å²) in [4.78, 5) is 12.6. The van der Waals surface area contributed by atoms with Crippen LogP contribution >= 0.6 is 0 Å². The zero-order valence-electron chi connectivity index (χ0n) is 15.4. The van der Waals surface area contributed by atoms with Gasteiger partial charge in [-0.1, -0.05) is 6.07 Å². The van der Waals surface area contributed by atoms with Crippen LogP contribution in [0.25, 0.3) is 0 Å². The number of hydrogen-bond acceptors (Lipinski definition) is 5. The molecule has 0 atom stereocenters. The minimum atomic E-state index is -3.43. The number of hydrogen-bond donors (Lipinski definition) is 1. The first-order valence-electron chi connectivity index (χ1n) is 7.75. The van der Waals surface area contributed by atoms with Gasteiger partial charge in [-0.15, -0.1) is 0 Å². The predicted octanol–water partition coefficient (Wildman–Crippen LogP) is 2.66. The average molecular weight is 378 g/mol. The highest BCUT2D eigenvalue weighted by Crippen LogP contribution is 2.30. The van der Waals surface area contributed by atoms with E-state index in [-0.39, 0.29) is 5.91 Å². The van der Waals surface area contributed by atoms with Crippen molar-refractivity contribution < 1.29 is 22.7 Å². The van der Waals surface area contributed by atoms with Gasteiger partial charge in [0.25, 0.3) is 5.91 Å². The lowest BCUT2D eigenvalue weighted by atomic mass is 10.1. The molecule has 0 aliphatic carbocycles. The summed E-state index contributed by atoms with van der Waals surface area (Å²) in [6, 6.07) is 9.94. The Hall–Kier alpha value is -2.74. The Bertz CT molecular complexity index is 925. The van der Waals surface area contributed by atoms with Gasteiger partial charge in [-0.05, 0) is 36.8 Å². The number of carbonyl (C=O) groups excluding carboxylic acids is 1. The molecule has 0 fully saturated rings. The summed E-state index contributed by atoms with van der Waals surface area (Å²) >= 11 is 0. The quantitative estimate of drug-likeness (QED) is 0.835. The molecule has 0 aliphatic heterocycles. The fourth-order valence-electron chi connectivity index (χ4n) is 2.37. The number of nitrogens with one attached hydrogen (secondary N) is 1. The molecule has 0 aromatic heterocycles. The fourth-order valence-corrected chi connectivity index (χ4v) is 2.93. The van der Waals surface area contributed by atoms with Crippen molar-refractivity contribution >= 4 is 27.3 Å². The number of benzene rings is 2. The van der Waals surface area contributed by atoms with Gasteiger partial charge < -0.3 is 14.8 Å². The monoisotopic (exact) mass is 378 g/mol. The third-order valence-electron chi connectivity index (χ3n) is 3.96. The number of anilines is 2. The van der Waals surface area contributed by atoms with Crippen molar-refractivity contribution in [3.8, 4) is 11.5 Å². The van der Waals surface area contributed by atoms with Crippen LogP contribution in [0.2, 0.25) is 0 Å². The smallest absolute Gasteiger partial charge is 0.255 e. The van der Waals surface area contributed by atoms with Gasteiger partial charge in [0.05, 0.1) is 31.9 Å². The number of carbonyl (C=O) groups is 1. The summed E-state index contributed by atoms with van der Waals surface area (Å²) in [5.74, 6) is 0.668. The van der Waals surface area contributed by atoms with Crippen LogP contribution < -0.4 is 19.1 Å². The molecule has 1 N–H and O–H groups in total. The van der Waals surface area contributed by atoms with E-state index in [1.807, 2.05) is 0 Å². The average Bonchev–Trinajstić information content (AvgIpc) is 2.60. The second-order valence-electron chi connectivity index (χ2n) is 5.75. The third kappa shape index (κ3) is 4.26. The van der Waals surface area contributed by atoms with Crippen LogP contribution in [0.5, 0.6) is 11.5 Å². The van der Waals surface area contributed by atoms with Crippen LogP contribution in [-0.2, 0) is 10.0 Å². The van der Waals surface area contributed by atoms with Gasteiger partial charge >= 0.3 is 0 Å². The summed E-state index contributed by atoms with van der Waals surface area (Å²) in [5, 5.41) is 2.76. The lowest BCUT2D eigenvalue weighted by Crippen LogP contribution is -2.26. The molecule has 8 heteroatoms. The Balaban J connectivity index is 2.37. The summed E-state index contributed by atoms with van der Waals surface area (Å²) in [7, 11) is 1.05. The van der Waals surface area contributed by atoms with Gasteiger partial charge in [0.1, 0.15) is 11.5 Å². The van der Waals surface area contributed by atoms with Crippen LogP contribution in [-0.4, -0.2) is 41.8 Å². The molecule has 0 bridgehead atoms. The maximum atomic E-state index is 12.6. The SMILES string of the molecule is COc1ccc(OC)c(NC(=O)c2ccc(C)c(N(C)S(C)(=O)=O)c2)c1. The Morgan fingerprint density at radius 2 is 1.77 bits per heavy atom. The van der Waals surface area contributed by atoms with Gasteiger partial charge in [0.2, 0.25) is 10.0 Å². The summed E-state index contributed by atoms with van der Waals surface area (Å²) in [5.41, 5.74) is 1.97. The van der Waals surface area contributed by atoms with Crippen LogP contribution in [0.3, 0.4) is 0 Å². The molecule has 0 saturated heterocycles. The molecule has 7 nitrogen and oxygen atoms in total. The Morgan fingerprint density at radius 1 is 1.08 bits per heavy atom. The number of sulfonamides is 1. The highest BCUT2D eigenvalue weighted by molar-refractivity contribution is 7.92. The predicted molar refractivity (Wildman–Crippen MR) is 102 cm³/mol. The highest BCUT2D eigenvalue weighted by Gasteiger charge is 2.17. The van der Waals surface area contributed by atoms with E-state index in [4.69, 9.17) is 9.47 Å². The standard InChI is InChI=1S/C18H22N2O5S/c1-12-6-7-13(10-16(12)20(2)26(5,22)23)18(21)19-15-11-14(24-3)8-9-17(15)25-4/h6-11H,1-5H3,(H,19,21). The van der Waals surface area contributed by atoms with E-state index >= 15 is 0 Å². The van der Waals surface area contributed by atoms with Crippen molar-refractivity contribution in [2.75, 3.05) is 37.1 Å². The van der Waals surface area contributed by atoms with Crippen molar-refractivity contribution in [3.63, 3.8) is 0 Å². The largest absolute Gasteiger partial charge is 0.497 e. The molecule has 2 aromatic rings. The summed E-state index contributed by atoms with van der Waals surface area (Å²) in [6.07, 6.45) is 1.11. The summed E-state index contributed by atoms with van der Waals surface area (Å²) in [6.45, 7) is 1.78. The molecule has 26 heavy (non-hydrogen) atoms. The van der Waals surface area contributed by atoms with E-state index in [2.05, 4.69) is 5.32 Å². The molecule has 0 spiro atoms. The van der Waals surface area contributed by atoms with Crippen molar-refractivity contribution in [1.82, 2.24) is 0 Å². The number of nitrogens with zero attached hydrogens (tertiary/aromatic N) is 1. The Kier molecular flexibility index (Phi) is 5.76. The van der Waals surface area contributed by atoms with E-state index in [0.29, 0.717) is 28.4 Å². The topological polar surface area (TPSA) is 84.9 Å². The van der Waals surface area contributed by atoms with E-state index in [9.17, 15) is 13.2 Å². The van der Waals surface area contributed by atoms with E-state index < -0.39 is 10.0 Å². The van der Waals surface area contributed by atoms with Crippen LogP contribution in [0.4, 0.5) is 11.4 Å². The van der Waals surface area contributed by atoms with E-state index in [1.54, 1.807) is 43.3 Å². The second kappa shape index (κ2) is 7.65. The number of methoxy groups -OCH3 is 2. The maximum Gasteiger partial charge on any atom is 0.255 e. The number of rotatable bonds is 6. The molecular formula is C18H22N2O5S. The minimum Gasteiger partial charge on any atom is -0.497 e. The zero-order chi connectivity index (χ0) is 19.5. The number of aryl methyl sites for hydroxylation is 1. The molecular weight excluding hydrogens is 356 g/mol. The molecule has 2 rings (SSSR count). The molecule has 0 aliphatic rings. The van der Waals surface area contributed by atoms with Crippen LogP contribution in [0.1, 0.15) is 15.9 Å². The van der Waals surface area contributed by atoms with Gasteiger partial charge in [0, 0.05) is 18.7 Å². The first kappa shape index (κ1) is 19.6.